The number of aromatic amines is 1. The number of H-pyrrole nitrogens is 1. The van der Waals surface area contributed by atoms with Gasteiger partial charge in [0.2, 0.25) is 5.95 Å². The largest absolute Gasteiger partial charge is 0.369 e. The smallest absolute Gasteiger partial charge is 0.278 e. The number of allylic oxidation sites excluding steroid dienone is 1. The molecule has 1 fully saturated rings. The number of halogens is 1. The van der Waals surface area contributed by atoms with E-state index in [1.165, 1.54) is 23.9 Å². The first-order valence-electron chi connectivity index (χ1n) is 24.9. The number of anilines is 5. The molecule has 8 heterocycles. The van der Waals surface area contributed by atoms with Gasteiger partial charge in [-0.25, -0.2) is 33.7 Å². The van der Waals surface area contributed by atoms with Crippen molar-refractivity contribution >= 4 is 76.3 Å². The molecule has 0 atom stereocenters. The lowest BCUT2D eigenvalue weighted by Crippen LogP contribution is -2.45. The summed E-state index contributed by atoms with van der Waals surface area (Å²) in [5.41, 5.74) is 7.86. The van der Waals surface area contributed by atoms with E-state index in [-0.39, 0.29) is 28.7 Å². The van der Waals surface area contributed by atoms with E-state index >= 15 is 0 Å². The average Bonchev–Trinajstić information content (AvgIpc) is 3.90. The van der Waals surface area contributed by atoms with Gasteiger partial charge in [0.05, 0.1) is 17.8 Å². The van der Waals surface area contributed by atoms with Crippen LogP contribution in [-0.4, -0.2) is 108 Å². The molecule has 6 aromatic heterocycles. The van der Waals surface area contributed by atoms with Crippen LogP contribution in [0.3, 0.4) is 0 Å². The molecule has 0 spiro atoms. The molecule has 2 amide bonds. The maximum atomic E-state index is 14.3. The van der Waals surface area contributed by atoms with Crippen molar-refractivity contribution in [1.29, 1.82) is 0 Å². The number of fused-ring (bicyclic) bond motifs is 1. The zero-order valence-electron chi connectivity index (χ0n) is 42.1. The second-order valence-corrected chi connectivity index (χ2v) is 17.4. The Balaban J connectivity index is 0.000000269. The third-order valence-corrected chi connectivity index (χ3v) is 12.6. The molecule has 0 aliphatic carbocycles. The Labute approximate surface area is 439 Å². The molecule has 11 rings (SSSR count). The van der Waals surface area contributed by atoms with E-state index in [1.807, 2.05) is 50.2 Å². The standard InChI is InChI=1S/C41H37FN10O2.C13H12BN5O.C2H6/c1-2-17-51-40(54)33-24-45-41(48-38(33)52(51)35-5-3-4-15-43-35)46-29-10-12-30(13-11-29)50-20-18-49(19-21-50)25-26-6-8-27(9-7-26)37-31-14-16-44-39(53)32-22-28(42)23-34(47-37)36(31)32;1-2-6-16-12(20)9-8-17-13(14)19-11(9)18-10-5-3-4-7-15-10;1-2/h2-13,15,22-24,47H,1,14,16-21,25H2,(H,44,53)(H,45,46,48);2-5,7-8H,1,6H2,(H,16,20)(H,15,17,18,19);1-2H3. The van der Waals surface area contributed by atoms with E-state index in [1.54, 1.807) is 52.2 Å². The van der Waals surface area contributed by atoms with Crippen LogP contribution in [0.4, 0.5) is 33.3 Å². The summed E-state index contributed by atoms with van der Waals surface area (Å²) in [5.74, 6) is 0.842. The fourth-order valence-corrected chi connectivity index (χ4v) is 9.08. The van der Waals surface area contributed by atoms with Crippen molar-refractivity contribution in [2.24, 2.45) is 0 Å². The van der Waals surface area contributed by atoms with Gasteiger partial charge in [-0.05, 0) is 83.8 Å². The van der Waals surface area contributed by atoms with Crippen molar-refractivity contribution in [2.45, 2.75) is 33.4 Å². The Hall–Kier alpha value is -9.30. The number of hydrogen-bond donors (Lipinski definition) is 5. The molecule has 0 bridgehead atoms. The number of benzene rings is 3. The van der Waals surface area contributed by atoms with E-state index < -0.39 is 5.82 Å². The average molecular weight is 1020 g/mol. The highest BCUT2D eigenvalue weighted by Crippen LogP contribution is 2.35. The number of carbonyl (C=O) groups excluding carboxylic acids is 2. The quantitative estimate of drug-likeness (QED) is 0.0542. The Kier molecular flexibility index (Phi) is 16.1. The SMILES string of the molecule is C=CCn1c(=O)c2cnc(Nc3ccc(N4CCN(Cc5ccc(-c6[nH]c7cc(F)cc8c7c6CCNC8=O)cc5)CC4)cc3)nc2n1-c1ccccn1.CC.[B]c1ncc(C(=O)NCC=C)c(Nc2ccccn2)n1. The molecule has 3 aromatic carbocycles. The van der Waals surface area contributed by atoms with E-state index in [0.717, 1.165) is 66.3 Å². The highest BCUT2D eigenvalue weighted by Gasteiger charge is 2.25. The van der Waals surface area contributed by atoms with Gasteiger partial charge in [0.25, 0.3) is 17.4 Å². The zero-order chi connectivity index (χ0) is 53.1. The number of nitrogens with zero attached hydrogens (tertiary/aromatic N) is 10. The van der Waals surface area contributed by atoms with Gasteiger partial charge < -0.3 is 31.2 Å². The molecule has 76 heavy (non-hydrogen) atoms. The molecule has 2 aliphatic rings. The zero-order valence-corrected chi connectivity index (χ0v) is 42.1. The summed E-state index contributed by atoms with van der Waals surface area (Å²) in [7, 11) is 5.55. The van der Waals surface area contributed by atoms with Crippen LogP contribution in [0.2, 0.25) is 0 Å². The molecule has 0 saturated carbocycles. The van der Waals surface area contributed by atoms with Crippen molar-refractivity contribution in [3.8, 4) is 17.1 Å². The number of amides is 2. The molecular weight excluding hydrogens is 961 g/mol. The van der Waals surface area contributed by atoms with Crippen LogP contribution in [0.1, 0.15) is 45.7 Å². The fraction of sp³-hybridized carbons (Fsp3) is 0.196. The first kappa shape index (κ1) is 51.6. The monoisotopic (exact) mass is 1020 g/mol. The van der Waals surface area contributed by atoms with Gasteiger partial charge >= 0.3 is 0 Å². The number of hydrogen-bond acceptors (Lipinski definition) is 13. The van der Waals surface area contributed by atoms with Gasteiger partial charge in [0.15, 0.2) is 19.3 Å². The Morgan fingerprint density at radius 2 is 1.61 bits per heavy atom. The lowest BCUT2D eigenvalue weighted by molar-refractivity contribution is 0.0949. The molecule has 20 heteroatoms. The third-order valence-electron chi connectivity index (χ3n) is 12.6. The predicted molar refractivity (Wildman–Crippen MR) is 297 cm³/mol. The summed E-state index contributed by atoms with van der Waals surface area (Å²) in [6, 6.07) is 30.4. The maximum Gasteiger partial charge on any atom is 0.278 e. The third kappa shape index (κ3) is 11.4. The summed E-state index contributed by atoms with van der Waals surface area (Å²) >= 11 is 0. The highest BCUT2D eigenvalue weighted by atomic mass is 19.1. The molecule has 9 aromatic rings. The Morgan fingerprint density at radius 3 is 2.32 bits per heavy atom. The summed E-state index contributed by atoms with van der Waals surface area (Å²) in [4.78, 5) is 71.5. The number of rotatable bonds is 14. The minimum atomic E-state index is -0.425. The summed E-state index contributed by atoms with van der Waals surface area (Å²) in [6.07, 6.45) is 10.2. The second kappa shape index (κ2) is 23.7. The van der Waals surface area contributed by atoms with E-state index in [4.69, 9.17) is 12.8 Å². The van der Waals surface area contributed by atoms with Gasteiger partial charge in [-0.1, -0.05) is 62.4 Å². The molecule has 18 nitrogen and oxygen atoms in total. The normalized spacial score (nSPS) is 13.1. The number of pyridine rings is 2. The fourth-order valence-electron chi connectivity index (χ4n) is 9.08. The van der Waals surface area contributed by atoms with Crippen LogP contribution in [0.25, 0.3) is 39.0 Å². The van der Waals surface area contributed by atoms with E-state index in [9.17, 15) is 18.8 Å². The number of piperazine rings is 1. The predicted octanol–water partition coefficient (Wildman–Crippen LogP) is 7.15. The first-order chi connectivity index (χ1) is 37.1. The van der Waals surface area contributed by atoms with Gasteiger partial charge in [0.1, 0.15) is 28.4 Å². The summed E-state index contributed by atoms with van der Waals surface area (Å²) in [6.45, 7) is 17.0. The van der Waals surface area contributed by atoms with Gasteiger partial charge in [-0.3, -0.25) is 24.3 Å². The molecule has 382 valence electrons. The Morgan fingerprint density at radius 1 is 0.842 bits per heavy atom. The highest BCUT2D eigenvalue weighted by molar-refractivity contribution is 6.29. The molecular formula is C56H55BFN15O3. The van der Waals surface area contributed by atoms with Crippen LogP contribution in [0, 0.1) is 5.82 Å². The van der Waals surface area contributed by atoms with Crippen molar-refractivity contribution in [1.82, 2.24) is 59.8 Å². The summed E-state index contributed by atoms with van der Waals surface area (Å²) in [5, 5.41) is 13.0. The van der Waals surface area contributed by atoms with Crippen LogP contribution < -0.4 is 37.5 Å². The van der Waals surface area contributed by atoms with E-state index in [0.29, 0.717) is 71.6 Å². The topological polar surface area (TPSA) is 209 Å². The van der Waals surface area contributed by atoms with Crippen LogP contribution in [0.5, 0.6) is 0 Å². The second-order valence-electron chi connectivity index (χ2n) is 17.4. The van der Waals surface area contributed by atoms with Gasteiger partial charge in [0, 0.05) is 98.6 Å². The van der Waals surface area contributed by atoms with Crippen molar-refractivity contribution in [2.75, 3.05) is 54.8 Å². The lowest BCUT2D eigenvalue weighted by atomic mass is 9.99. The minimum Gasteiger partial charge on any atom is -0.369 e. The Bertz CT molecular complexity index is 3580. The van der Waals surface area contributed by atoms with Gasteiger partial charge in [-0.2, -0.15) is 4.98 Å². The van der Waals surface area contributed by atoms with Crippen LogP contribution in [0.15, 0.2) is 152 Å². The molecule has 1 saturated heterocycles. The molecule has 2 aliphatic heterocycles. The van der Waals surface area contributed by atoms with E-state index in [2.05, 4.69) is 111 Å². The van der Waals surface area contributed by atoms with Crippen LogP contribution in [-0.2, 0) is 19.5 Å². The van der Waals surface area contributed by atoms with Crippen molar-refractivity contribution < 1.29 is 14.0 Å². The molecule has 5 N–H and O–H groups in total. The number of nitrogens with one attached hydrogen (secondary N) is 5. The first-order valence-corrected chi connectivity index (χ1v) is 24.9. The van der Waals surface area contributed by atoms with Crippen LogP contribution >= 0.6 is 0 Å². The van der Waals surface area contributed by atoms with Gasteiger partial charge in [-0.15, -0.1) is 13.2 Å². The maximum absolute atomic E-state index is 14.3. The number of aromatic nitrogens is 9. The summed E-state index contributed by atoms with van der Waals surface area (Å²) < 4.78 is 17.6. The molecule has 2 radical (unpaired) electrons. The van der Waals surface area contributed by atoms with Crippen molar-refractivity contribution in [3.63, 3.8) is 0 Å². The lowest BCUT2D eigenvalue weighted by Gasteiger charge is -2.36. The minimum absolute atomic E-state index is 0.0729. The number of carbonyl (C=O) groups is 2. The molecule has 0 unspecified atom stereocenters. The van der Waals surface area contributed by atoms with Crippen molar-refractivity contribution in [3.05, 3.63) is 186 Å².